The van der Waals surface area contributed by atoms with E-state index in [9.17, 15) is 0 Å². The molecule has 5 nitrogen and oxygen atoms in total. The summed E-state index contributed by atoms with van der Waals surface area (Å²) in [4.78, 5) is 3.94. The number of aliphatic imine (C=N–C) groups is 1. The highest BCUT2D eigenvalue weighted by Crippen LogP contribution is 2.26. The standard InChI is InChI=1S/C12H19N3O2/c1-9(7-15-12(13)14)8-17-11-6-4-3-5-10(11)16-2/h3-6,9H,7-8H2,1-2H3,(H4,13,14,15). The van der Waals surface area contributed by atoms with E-state index < -0.39 is 0 Å². The fourth-order valence-electron chi connectivity index (χ4n) is 1.28. The van der Waals surface area contributed by atoms with Crippen molar-refractivity contribution < 1.29 is 9.47 Å². The Balaban J connectivity index is 2.47. The lowest BCUT2D eigenvalue weighted by Gasteiger charge is -2.13. The Morgan fingerprint density at radius 2 is 1.94 bits per heavy atom. The molecule has 0 saturated heterocycles. The van der Waals surface area contributed by atoms with Gasteiger partial charge in [-0.1, -0.05) is 19.1 Å². The summed E-state index contributed by atoms with van der Waals surface area (Å²) in [6.07, 6.45) is 0. The first-order valence-corrected chi connectivity index (χ1v) is 5.44. The number of hydrogen-bond acceptors (Lipinski definition) is 3. The Morgan fingerprint density at radius 3 is 2.53 bits per heavy atom. The number of methoxy groups -OCH3 is 1. The topological polar surface area (TPSA) is 82.9 Å². The van der Waals surface area contributed by atoms with Crippen molar-refractivity contribution in [3.8, 4) is 11.5 Å². The first-order chi connectivity index (χ1) is 8.13. The van der Waals surface area contributed by atoms with Crippen LogP contribution in [0.3, 0.4) is 0 Å². The zero-order valence-electron chi connectivity index (χ0n) is 10.2. The van der Waals surface area contributed by atoms with E-state index >= 15 is 0 Å². The SMILES string of the molecule is COc1ccccc1OCC(C)CN=C(N)N. The monoisotopic (exact) mass is 237 g/mol. The van der Waals surface area contributed by atoms with Crippen molar-refractivity contribution in [1.82, 2.24) is 0 Å². The maximum absolute atomic E-state index is 5.65. The van der Waals surface area contributed by atoms with Crippen LogP contribution in [0.25, 0.3) is 0 Å². The van der Waals surface area contributed by atoms with Gasteiger partial charge in [-0.2, -0.15) is 0 Å². The second-order valence-corrected chi connectivity index (χ2v) is 3.83. The summed E-state index contributed by atoms with van der Waals surface area (Å²) in [5, 5.41) is 0. The molecule has 5 heteroatoms. The molecule has 0 fully saturated rings. The second kappa shape index (κ2) is 6.62. The van der Waals surface area contributed by atoms with E-state index in [0.717, 1.165) is 11.5 Å². The van der Waals surface area contributed by atoms with E-state index in [2.05, 4.69) is 4.99 Å². The molecule has 0 aliphatic carbocycles. The average Bonchev–Trinajstić information content (AvgIpc) is 2.34. The predicted octanol–water partition coefficient (Wildman–Crippen LogP) is 0.984. The van der Waals surface area contributed by atoms with E-state index in [0.29, 0.717) is 13.2 Å². The second-order valence-electron chi connectivity index (χ2n) is 3.83. The molecule has 0 aromatic heterocycles. The Bertz CT molecular complexity index is 376. The molecule has 1 aromatic carbocycles. The Hall–Kier alpha value is -1.91. The zero-order chi connectivity index (χ0) is 12.7. The minimum atomic E-state index is 0.106. The summed E-state index contributed by atoms with van der Waals surface area (Å²) < 4.78 is 10.8. The summed E-state index contributed by atoms with van der Waals surface area (Å²) >= 11 is 0. The van der Waals surface area contributed by atoms with Crippen LogP contribution in [0.2, 0.25) is 0 Å². The van der Waals surface area contributed by atoms with Gasteiger partial charge in [0.2, 0.25) is 0 Å². The lowest BCUT2D eigenvalue weighted by Crippen LogP contribution is -2.24. The highest BCUT2D eigenvalue weighted by Gasteiger charge is 2.06. The van der Waals surface area contributed by atoms with E-state index in [1.807, 2.05) is 31.2 Å². The van der Waals surface area contributed by atoms with Crippen molar-refractivity contribution in [3.05, 3.63) is 24.3 Å². The van der Waals surface area contributed by atoms with Gasteiger partial charge in [0.25, 0.3) is 0 Å². The Labute approximate surface area is 101 Å². The summed E-state index contributed by atoms with van der Waals surface area (Å²) in [7, 11) is 1.62. The van der Waals surface area contributed by atoms with Crippen molar-refractivity contribution in [2.45, 2.75) is 6.92 Å². The highest BCUT2D eigenvalue weighted by molar-refractivity contribution is 5.75. The molecule has 0 radical (unpaired) electrons. The number of ether oxygens (including phenoxy) is 2. The van der Waals surface area contributed by atoms with Gasteiger partial charge in [0.15, 0.2) is 17.5 Å². The van der Waals surface area contributed by atoms with Gasteiger partial charge < -0.3 is 20.9 Å². The minimum absolute atomic E-state index is 0.106. The van der Waals surface area contributed by atoms with Gasteiger partial charge in [-0.3, -0.25) is 4.99 Å². The number of hydrogen-bond donors (Lipinski definition) is 2. The van der Waals surface area contributed by atoms with Gasteiger partial charge >= 0.3 is 0 Å². The number of benzene rings is 1. The van der Waals surface area contributed by atoms with Crippen LogP contribution in [0.4, 0.5) is 0 Å². The van der Waals surface area contributed by atoms with Crippen LogP contribution in [0.15, 0.2) is 29.3 Å². The van der Waals surface area contributed by atoms with Crippen LogP contribution in [0.5, 0.6) is 11.5 Å². The fourth-order valence-corrected chi connectivity index (χ4v) is 1.28. The molecule has 4 N–H and O–H groups in total. The molecular formula is C12H19N3O2. The van der Waals surface area contributed by atoms with Gasteiger partial charge in [0.1, 0.15) is 0 Å². The third-order valence-electron chi connectivity index (χ3n) is 2.18. The van der Waals surface area contributed by atoms with Crippen molar-refractivity contribution in [2.24, 2.45) is 22.4 Å². The van der Waals surface area contributed by atoms with E-state index in [-0.39, 0.29) is 11.9 Å². The molecule has 1 rings (SSSR count). The van der Waals surface area contributed by atoms with E-state index in [1.165, 1.54) is 0 Å². The quantitative estimate of drug-likeness (QED) is 0.570. The molecule has 0 saturated carbocycles. The summed E-state index contributed by atoms with van der Waals surface area (Å²) in [6.45, 7) is 3.11. The van der Waals surface area contributed by atoms with Crippen LogP contribution in [-0.4, -0.2) is 26.2 Å². The smallest absolute Gasteiger partial charge is 0.185 e. The van der Waals surface area contributed by atoms with Crippen molar-refractivity contribution >= 4 is 5.96 Å². The third kappa shape index (κ3) is 4.63. The van der Waals surface area contributed by atoms with E-state index in [4.69, 9.17) is 20.9 Å². The molecule has 1 aromatic rings. The molecular weight excluding hydrogens is 218 g/mol. The van der Waals surface area contributed by atoms with Crippen LogP contribution in [0.1, 0.15) is 6.92 Å². The minimum Gasteiger partial charge on any atom is -0.493 e. The maximum Gasteiger partial charge on any atom is 0.185 e. The molecule has 0 aliphatic heterocycles. The first kappa shape index (κ1) is 13.2. The number of nitrogens with two attached hydrogens (primary N) is 2. The molecule has 0 aliphatic rings. The van der Waals surface area contributed by atoms with Crippen molar-refractivity contribution in [2.75, 3.05) is 20.3 Å². The molecule has 1 atom stereocenters. The van der Waals surface area contributed by atoms with Gasteiger partial charge in [-0.25, -0.2) is 0 Å². The van der Waals surface area contributed by atoms with E-state index in [1.54, 1.807) is 7.11 Å². The lowest BCUT2D eigenvalue weighted by molar-refractivity contribution is 0.251. The maximum atomic E-state index is 5.65. The highest BCUT2D eigenvalue weighted by atomic mass is 16.5. The molecule has 0 heterocycles. The molecule has 1 unspecified atom stereocenters. The first-order valence-electron chi connectivity index (χ1n) is 5.44. The molecule has 17 heavy (non-hydrogen) atoms. The van der Waals surface area contributed by atoms with Gasteiger partial charge in [0, 0.05) is 12.5 Å². The number of guanidine groups is 1. The Kier molecular flexibility index (Phi) is 5.13. The van der Waals surface area contributed by atoms with Gasteiger partial charge in [-0.15, -0.1) is 0 Å². The van der Waals surface area contributed by atoms with Crippen LogP contribution >= 0.6 is 0 Å². The molecule has 0 amide bonds. The Morgan fingerprint density at radius 1 is 1.29 bits per heavy atom. The van der Waals surface area contributed by atoms with Gasteiger partial charge in [0.05, 0.1) is 13.7 Å². The van der Waals surface area contributed by atoms with Crippen LogP contribution in [0, 0.1) is 5.92 Å². The molecule has 94 valence electrons. The van der Waals surface area contributed by atoms with Gasteiger partial charge in [-0.05, 0) is 12.1 Å². The zero-order valence-corrected chi connectivity index (χ0v) is 10.2. The van der Waals surface area contributed by atoms with Crippen molar-refractivity contribution in [3.63, 3.8) is 0 Å². The van der Waals surface area contributed by atoms with Crippen LogP contribution in [-0.2, 0) is 0 Å². The summed E-state index contributed by atoms with van der Waals surface area (Å²) in [5.41, 5.74) is 10.5. The number of nitrogens with zero attached hydrogens (tertiary/aromatic N) is 1. The van der Waals surface area contributed by atoms with Crippen LogP contribution < -0.4 is 20.9 Å². The lowest BCUT2D eigenvalue weighted by atomic mass is 10.2. The fraction of sp³-hybridized carbons (Fsp3) is 0.417. The number of rotatable bonds is 6. The number of para-hydroxylation sites is 2. The van der Waals surface area contributed by atoms with Crippen molar-refractivity contribution in [1.29, 1.82) is 0 Å². The summed E-state index contributed by atoms with van der Waals surface area (Å²) in [6, 6.07) is 7.52. The third-order valence-corrected chi connectivity index (χ3v) is 2.18. The largest absolute Gasteiger partial charge is 0.493 e. The summed E-state index contributed by atoms with van der Waals surface area (Å²) in [5.74, 6) is 1.80. The predicted molar refractivity (Wildman–Crippen MR) is 68.3 cm³/mol. The average molecular weight is 237 g/mol. The molecule has 0 bridgehead atoms. The molecule has 0 spiro atoms. The normalized spacial score (nSPS) is 11.6.